The zero-order chi connectivity index (χ0) is 18.2. The highest BCUT2D eigenvalue weighted by Gasteiger charge is 2.32. The molecule has 2 amide bonds. The number of benzene rings is 1. The Kier molecular flexibility index (Phi) is 5.09. The Morgan fingerprint density at radius 2 is 1.96 bits per heavy atom. The standard InChI is InChI=1S/C19H25BrN2O3/c1-19(2,3)25-18(24)21-8-6-13(7-9-21)11-22-12-14-4-5-15(20)10-16(14)17(22)23/h4-5,10,13H,6-9,11-12H2,1-3H3. The Morgan fingerprint density at radius 3 is 2.60 bits per heavy atom. The van der Waals surface area contributed by atoms with Gasteiger partial charge in [-0.05, 0) is 57.2 Å². The lowest BCUT2D eigenvalue weighted by Gasteiger charge is -2.34. The second-order valence-corrected chi connectivity index (χ2v) is 8.81. The third kappa shape index (κ3) is 4.35. The number of rotatable bonds is 2. The van der Waals surface area contributed by atoms with Gasteiger partial charge in [-0.3, -0.25) is 4.79 Å². The van der Waals surface area contributed by atoms with Crippen molar-refractivity contribution in [1.29, 1.82) is 0 Å². The maximum atomic E-state index is 12.6. The van der Waals surface area contributed by atoms with Crippen LogP contribution in [0.25, 0.3) is 0 Å². The summed E-state index contributed by atoms with van der Waals surface area (Å²) in [6.07, 6.45) is 1.58. The molecular formula is C19H25BrN2O3. The molecule has 0 bridgehead atoms. The molecule has 6 heteroatoms. The fourth-order valence-corrected chi connectivity index (χ4v) is 3.78. The van der Waals surface area contributed by atoms with Crippen molar-refractivity contribution >= 4 is 27.9 Å². The van der Waals surface area contributed by atoms with Gasteiger partial charge in [-0.1, -0.05) is 22.0 Å². The molecule has 2 aliphatic heterocycles. The predicted octanol–water partition coefficient (Wildman–Crippen LogP) is 4.05. The monoisotopic (exact) mass is 408 g/mol. The van der Waals surface area contributed by atoms with Crippen molar-refractivity contribution in [2.45, 2.75) is 45.8 Å². The van der Waals surface area contributed by atoms with Crippen LogP contribution in [0.1, 0.15) is 49.5 Å². The molecular weight excluding hydrogens is 384 g/mol. The van der Waals surface area contributed by atoms with Crippen molar-refractivity contribution in [3.8, 4) is 0 Å². The summed E-state index contributed by atoms with van der Waals surface area (Å²) in [5.74, 6) is 0.547. The first-order valence-corrected chi connectivity index (χ1v) is 9.58. The number of hydrogen-bond donors (Lipinski definition) is 0. The number of amides is 2. The molecule has 0 N–H and O–H groups in total. The van der Waals surface area contributed by atoms with Crippen molar-refractivity contribution in [1.82, 2.24) is 9.80 Å². The average Bonchev–Trinajstić information content (AvgIpc) is 2.82. The Balaban J connectivity index is 1.52. The number of nitrogens with zero attached hydrogens (tertiary/aromatic N) is 2. The van der Waals surface area contributed by atoms with Crippen molar-refractivity contribution in [3.05, 3.63) is 33.8 Å². The Bertz CT molecular complexity index is 676. The van der Waals surface area contributed by atoms with Gasteiger partial charge < -0.3 is 14.5 Å². The maximum Gasteiger partial charge on any atom is 0.410 e. The quantitative estimate of drug-likeness (QED) is 0.741. The fraction of sp³-hybridized carbons (Fsp3) is 0.579. The zero-order valence-electron chi connectivity index (χ0n) is 15.0. The van der Waals surface area contributed by atoms with Crippen LogP contribution in [0, 0.1) is 5.92 Å². The third-order valence-electron chi connectivity index (χ3n) is 4.70. The van der Waals surface area contributed by atoms with Crippen molar-refractivity contribution in [2.75, 3.05) is 19.6 Å². The normalized spacial score (nSPS) is 18.5. The van der Waals surface area contributed by atoms with Gasteiger partial charge in [0.25, 0.3) is 5.91 Å². The maximum absolute atomic E-state index is 12.6. The predicted molar refractivity (Wildman–Crippen MR) is 99.4 cm³/mol. The highest BCUT2D eigenvalue weighted by Crippen LogP contribution is 2.28. The lowest BCUT2D eigenvalue weighted by molar-refractivity contribution is 0.0167. The molecule has 0 unspecified atom stereocenters. The van der Waals surface area contributed by atoms with Crippen LogP contribution < -0.4 is 0 Å². The first-order valence-electron chi connectivity index (χ1n) is 8.78. The molecule has 1 aromatic rings. The van der Waals surface area contributed by atoms with E-state index in [0.717, 1.165) is 35.0 Å². The molecule has 136 valence electrons. The van der Waals surface area contributed by atoms with E-state index in [9.17, 15) is 9.59 Å². The largest absolute Gasteiger partial charge is 0.444 e. The fourth-order valence-electron chi connectivity index (χ4n) is 3.42. The molecule has 0 radical (unpaired) electrons. The van der Waals surface area contributed by atoms with Gasteiger partial charge in [0.1, 0.15) is 5.60 Å². The summed E-state index contributed by atoms with van der Waals surface area (Å²) in [6.45, 7) is 8.48. The summed E-state index contributed by atoms with van der Waals surface area (Å²) >= 11 is 3.43. The van der Waals surface area contributed by atoms with Gasteiger partial charge in [0.2, 0.25) is 0 Å². The molecule has 0 aliphatic carbocycles. The Hall–Kier alpha value is -1.56. The van der Waals surface area contributed by atoms with Crippen LogP contribution in [-0.2, 0) is 11.3 Å². The van der Waals surface area contributed by atoms with Crippen LogP contribution in [-0.4, -0.2) is 47.0 Å². The molecule has 3 rings (SSSR count). The van der Waals surface area contributed by atoms with E-state index >= 15 is 0 Å². The zero-order valence-corrected chi connectivity index (χ0v) is 16.6. The van der Waals surface area contributed by atoms with E-state index in [1.165, 1.54) is 0 Å². The molecule has 0 aromatic heterocycles. The molecule has 1 fully saturated rings. The van der Waals surface area contributed by atoms with Crippen molar-refractivity contribution in [2.24, 2.45) is 5.92 Å². The van der Waals surface area contributed by atoms with E-state index in [2.05, 4.69) is 15.9 Å². The van der Waals surface area contributed by atoms with Crippen LogP contribution in [0.15, 0.2) is 22.7 Å². The highest BCUT2D eigenvalue weighted by atomic mass is 79.9. The van der Waals surface area contributed by atoms with E-state index in [-0.39, 0.29) is 12.0 Å². The van der Waals surface area contributed by atoms with Crippen LogP contribution in [0.2, 0.25) is 0 Å². The summed E-state index contributed by atoms with van der Waals surface area (Å²) in [5.41, 5.74) is 1.44. The summed E-state index contributed by atoms with van der Waals surface area (Å²) in [4.78, 5) is 28.4. The third-order valence-corrected chi connectivity index (χ3v) is 5.19. The van der Waals surface area contributed by atoms with Crippen molar-refractivity contribution < 1.29 is 14.3 Å². The van der Waals surface area contributed by atoms with Gasteiger partial charge in [-0.2, -0.15) is 0 Å². The number of piperidine rings is 1. The molecule has 1 aromatic carbocycles. The number of halogens is 1. The first-order chi connectivity index (χ1) is 11.7. The van der Waals surface area contributed by atoms with Crippen LogP contribution in [0.4, 0.5) is 4.79 Å². The van der Waals surface area contributed by atoms with E-state index in [1.54, 1.807) is 4.90 Å². The molecule has 2 heterocycles. The van der Waals surface area contributed by atoms with Crippen LogP contribution in [0.3, 0.4) is 0 Å². The number of likely N-dealkylation sites (tertiary alicyclic amines) is 1. The van der Waals surface area contributed by atoms with E-state index in [4.69, 9.17) is 4.74 Å². The molecule has 5 nitrogen and oxygen atoms in total. The van der Waals surface area contributed by atoms with Gasteiger partial charge >= 0.3 is 6.09 Å². The molecule has 0 atom stereocenters. The second kappa shape index (κ2) is 6.98. The van der Waals surface area contributed by atoms with Gasteiger partial charge in [0.05, 0.1) is 0 Å². The van der Waals surface area contributed by atoms with Gasteiger partial charge in [0, 0.05) is 36.2 Å². The summed E-state index contributed by atoms with van der Waals surface area (Å²) in [6, 6.07) is 5.90. The lowest BCUT2D eigenvalue weighted by Crippen LogP contribution is -2.43. The average molecular weight is 409 g/mol. The minimum absolute atomic E-state index is 0.117. The first kappa shape index (κ1) is 18.2. The van der Waals surface area contributed by atoms with Gasteiger partial charge in [-0.15, -0.1) is 0 Å². The number of carbonyl (C=O) groups excluding carboxylic acids is 2. The second-order valence-electron chi connectivity index (χ2n) is 7.90. The summed E-state index contributed by atoms with van der Waals surface area (Å²) < 4.78 is 6.37. The highest BCUT2D eigenvalue weighted by molar-refractivity contribution is 9.10. The minimum atomic E-state index is -0.462. The summed E-state index contributed by atoms with van der Waals surface area (Å²) in [5, 5.41) is 0. The van der Waals surface area contributed by atoms with Crippen molar-refractivity contribution in [3.63, 3.8) is 0 Å². The number of ether oxygens (including phenoxy) is 1. The molecule has 25 heavy (non-hydrogen) atoms. The number of carbonyl (C=O) groups is 2. The van der Waals surface area contributed by atoms with E-state index in [0.29, 0.717) is 25.6 Å². The Morgan fingerprint density at radius 1 is 1.28 bits per heavy atom. The molecule has 0 spiro atoms. The smallest absolute Gasteiger partial charge is 0.410 e. The number of fused-ring (bicyclic) bond motifs is 1. The summed E-state index contributed by atoms with van der Waals surface area (Å²) in [7, 11) is 0. The van der Waals surface area contributed by atoms with Crippen LogP contribution >= 0.6 is 15.9 Å². The van der Waals surface area contributed by atoms with Gasteiger partial charge in [-0.25, -0.2) is 4.79 Å². The molecule has 0 saturated carbocycles. The SMILES string of the molecule is CC(C)(C)OC(=O)N1CCC(CN2Cc3ccc(Br)cc3C2=O)CC1. The van der Waals surface area contributed by atoms with E-state index < -0.39 is 5.60 Å². The van der Waals surface area contributed by atoms with Crippen LogP contribution in [0.5, 0.6) is 0 Å². The number of hydrogen-bond acceptors (Lipinski definition) is 3. The Labute approximate surface area is 157 Å². The minimum Gasteiger partial charge on any atom is -0.444 e. The topological polar surface area (TPSA) is 49.9 Å². The van der Waals surface area contributed by atoms with E-state index in [1.807, 2.05) is 43.9 Å². The van der Waals surface area contributed by atoms with Gasteiger partial charge in [0.15, 0.2) is 0 Å². The molecule has 2 aliphatic rings. The lowest BCUT2D eigenvalue weighted by atomic mass is 9.96. The molecule has 1 saturated heterocycles.